The molecule has 3 aromatic rings. The molecule has 0 N–H and O–H groups in total. The minimum absolute atomic E-state index is 0.184. The van der Waals surface area contributed by atoms with Gasteiger partial charge in [0.2, 0.25) is 5.91 Å². The number of rotatable bonds is 6. The number of hydrogen-bond acceptors (Lipinski definition) is 5. The van der Waals surface area contributed by atoms with Crippen molar-refractivity contribution in [1.82, 2.24) is 34.2 Å². The van der Waals surface area contributed by atoms with Crippen LogP contribution in [0.3, 0.4) is 0 Å². The summed E-state index contributed by atoms with van der Waals surface area (Å²) < 4.78 is 3.91. The van der Waals surface area contributed by atoms with Crippen molar-refractivity contribution >= 4 is 5.91 Å². The summed E-state index contributed by atoms with van der Waals surface area (Å²) in [4.78, 5) is 27.0. The van der Waals surface area contributed by atoms with E-state index in [0.29, 0.717) is 18.9 Å². The van der Waals surface area contributed by atoms with Gasteiger partial charge in [0.1, 0.15) is 18.5 Å². The molecule has 1 saturated heterocycles. The van der Waals surface area contributed by atoms with Gasteiger partial charge in [-0.05, 0) is 30.5 Å². The van der Waals surface area contributed by atoms with E-state index in [9.17, 15) is 4.79 Å². The minimum Gasteiger partial charge on any atom is -0.343 e. The highest BCUT2D eigenvalue weighted by Gasteiger charge is 2.26. The van der Waals surface area contributed by atoms with E-state index in [4.69, 9.17) is 0 Å². The number of nitrogens with zero attached hydrogens (tertiary/aromatic N) is 7. The summed E-state index contributed by atoms with van der Waals surface area (Å²) in [5, 5.41) is 4.04. The highest BCUT2D eigenvalue weighted by molar-refractivity contribution is 5.76. The summed E-state index contributed by atoms with van der Waals surface area (Å²) in [5.74, 6) is 1.69. The van der Waals surface area contributed by atoms with Crippen molar-refractivity contribution in [2.75, 3.05) is 13.1 Å². The van der Waals surface area contributed by atoms with Crippen LogP contribution in [0.25, 0.3) is 0 Å². The summed E-state index contributed by atoms with van der Waals surface area (Å²) in [6.45, 7) is 2.94. The van der Waals surface area contributed by atoms with Crippen LogP contribution < -0.4 is 0 Å². The van der Waals surface area contributed by atoms with Gasteiger partial charge in [0.25, 0.3) is 0 Å². The first-order valence-electron chi connectivity index (χ1n) is 9.30. The summed E-state index contributed by atoms with van der Waals surface area (Å²) in [7, 11) is 0. The Hall–Kier alpha value is -3.03. The van der Waals surface area contributed by atoms with Crippen LogP contribution in [0.5, 0.6) is 0 Å². The molecule has 0 spiro atoms. The Bertz CT molecular complexity index is 851. The quantitative estimate of drug-likeness (QED) is 0.664. The second-order valence-electron chi connectivity index (χ2n) is 6.83. The zero-order valence-corrected chi connectivity index (χ0v) is 15.2. The molecule has 0 aromatic carbocycles. The number of carbonyl (C=O) groups excluding carboxylic acids is 1. The fourth-order valence-corrected chi connectivity index (χ4v) is 3.60. The van der Waals surface area contributed by atoms with Crippen molar-refractivity contribution in [3.8, 4) is 0 Å². The predicted octanol–water partition coefficient (Wildman–Crippen LogP) is 1.71. The molecule has 3 aromatic heterocycles. The maximum atomic E-state index is 12.4. The molecule has 0 bridgehead atoms. The topological polar surface area (TPSA) is 81.7 Å². The van der Waals surface area contributed by atoms with E-state index in [-0.39, 0.29) is 5.91 Å². The fraction of sp³-hybridized carbons (Fsp3) is 0.421. The van der Waals surface area contributed by atoms with E-state index >= 15 is 0 Å². The molecule has 8 nitrogen and oxygen atoms in total. The Labute approximate surface area is 157 Å². The number of hydrogen-bond donors (Lipinski definition) is 0. The fourth-order valence-electron chi connectivity index (χ4n) is 3.60. The first-order chi connectivity index (χ1) is 13.3. The van der Waals surface area contributed by atoms with Crippen LogP contribution in [-0.4, -0.2) is 53.2 Å². The monoisotopic (exact) mass is 365 g/mol. The van der Waals surface area contributed by atoms with Crippen molar-refractivity contribution in [2.45, 2.75) is 38.3 Å². The summed E-state index contributed by atoms with van der Waals surface area (Å²) in [5.41, 5.74) is 1.21. The van der Waals surface area contributed by atoms with Crippen LogP contribution in [0, 0.1) is 0 Å². The zero-order chi connectivity index (χ0) is 18.5. The SMILES string of the molecule is O=C(CCn1cncn1)N1CCC(c2nccn2Cc2ccncc2)CC1. The van der Waals surface area contributed by atoms with Gasteiger partial charge in [-0.1, -0.05) is 0 Å². The number of pyridine rings is 1. The number of piperidine rings is 1. The van der Waals surface area contributed by atoms with E-state index in [2.05, 4.69) is 24.6 Å². The van der Waals surface area contributed by atoms with Gasteiger partial charge in [-0.15, -0.1) is 0 Å². The Kier molecular flexibility index (Phi) is 5.22. The number of imidazole rings is 1. The molecule has 1 aliphatic rings. The van der Waals surface area contributed by atoms with Crippen molar-refractivity contribution in [1.29, 1.82) is 0 Å². The standard InChI is InChI=1S/C19H23N7O/c27-18(5-11-26-15-21-14-23-26)24-9-3-17(4-10-24)19-22-8-12-25(19)13-16-1-6-20-7-2-16/h1-2,6-8,12,14-15,17H,3-5,9-11,13H2. The first kappa shape index (κ1) is 17.4. The third-order valence-corrected chi connectivity index (χ3v) is 5.08. The van der Waals surface area contributed by atoms with E-state index in [0.717, 1.165) is 38.3 Å². The largest absolute Gasteiger partial charge is 0.343 e. The van der Waals surface area contributed by atoms with E-state index in [1.54, 1.807) is 11.0 Å². The number of aromatic nitrogens is 6. The maximum Gasteiger partial charge on any atom is 0.224 e. The Morgan fingerprint density at radius 1 is 1.11 bits per heavy atom. The molecule has 27 heavy (non-hydrogen) atoms. The lowest BCUT2D eigenvalue weighted by atomic mass is 9.95. The van der Waals surface area contributed by atoms with E-state index in [1.165, 1.54) is 11.9 Å². The highest BCUT2D eigenvalue weighted by Crippen LogP contribution is 2.27. The van der Waals surface area contributed by atoms with Gasteiger partial charge in [-0.25, -0.2) is 9.97 Å². The Morgan fingerprint density at radius 2 is 1.93 bits per heavy atom. The summed E-state index contributed by atoms with van der Waals surface area (Å²) >= 11 is 0. The molecule has 0 atom stereocenters. The maximum absolute atomic E-state index is 12.4. The summed E-state index contributed by atoms with van der Waals surface area (Å²) in [6.07, 6.45) is 13.0. The lowest BCUT2D eigenvalue weighted by Gasteiger charge is -2.32. The molecule has 1 fully saturated rings. The second kappa shape index (κ2) is 8.11. The average molecular weight is 365 g/mol. The van der Waals surface area contributed by atoms with Gasteiger partial charge in [0, 0.05) is 56.8 Å². The van der Waals surface area contributed by atoms with Gasteiger partial charge >= 0.3 is 0 Å². The van der Waals surface area contributed by atoms with Gasteiger partial charge in [0.05, 0.1) is 6.54 Å². The third-order valence-electron chi connectivity index (χ3n) is 5.08. The third kappa shape index (κ3) is 4.21. The molecular formula is C19H23N7O. The lowest BCUT2D eigenvalue weighted by Crippen LogP contribution is -2.38. The molecule has 0 radical (unpaired) electrons. The average Bonchev–Trinajstić information content (AvgIpc) is 3.39. The second-order valence-corrected chi connectivity index (χ2v) is 6.83. The number of aryl methyl sites for hydroxylation is 1. The van der Waals surface area contributed by atoms with Crippen LogP contribution in [0.2, 0.25) is 0 Å². The van der Waals surface area contributed by atoms with Gasteiger partial charge < -0.3 is 9.47 Å². The lowest BCUT2D eigenvalue weighted by molar-refractivity contribution is -0.132. The predicted molar refractivity (Wildman–Crippen MR) is 98.8 cm³/mol. The molecule has 0 saturated carbocycles. The van der Waals surface area contributed by atoms with Crippen molar-refractivity contribution < 1.29 is 4.79 Å². The summed E-state index contributed by atoms with van der Waals surface area (Å²) in [6, 6.07) is 4.06. The number of likely N-dealkylation sites (tertiary alicyclic amines) is 1. The molecule has 140 valence electrons. The Morgan fingerprint density at radius 3 is 2.67 bits per heavy atom. The van der Waals surface area contributed by atoms with Crippen molar-refractivity contribution in [3.63, 3.8) is 0 Å². The van der Waals surface area contributed by atoms with Crippen LogP contribution in [0.4, 0.5) is 0 Å². The molecule has 4 rings (SSSR count). The molecule has 0 aliphatic carbocycles. The molecule has 0 unspecified atom stereocenters. The minimum atomic E-state index is 0.184. The van der Waals surface area contributed by atoms with E-state index in [1.807, 2.05) is 41.8 Å². The van der Waals surface area contributed by atoms with E-state index < -0.39 is 0 Å². The van der Waals surface area contributed by atoms with Gasteiger partial charge in [-0.3, -0.25) is 14.5 Å². The van der Waals surface area contributed by atoms with Gasteiger partial charge in [-0.2, -0.15) is 5.10 Å². The molecule has 1 aliphatic heterocycles. The smallest absolute Gasteiger partial charge is 0.224 e. The number of carbonyl (C=O) groups is 1. The van der Waals surface area contributed by atoms with Crippen LogP contribution in [-0.2, 0) is 17.9 Å². The van der Waals surface area contributed by atoms with Gasteiger partial charge in [0.15, 0.2) is 0 Å². The zero-order valence-electron chi connectivity index (χ0n) is 15.2. The first-order valence-corrected chi connectivity index (χ1v) is 9.30. The van der Waals surface area contributed by atoms with Crippen LogP contribution in [0.15, 0.2) is 49.6 Å². The van der Waals surface area contributed by atoms with Crippen molar-refractivity contribution in [3.05, 3.63) is 61.0 Å². The van der Waals surface area contributed by atoms with Crippen LogP contribution >= 0.6 is 0 Å². The Balaban J connectivity index is 1.32. The number of amides is 1. The molecule has 1 amide bonds. The highest BCUT2D eigenvalue weighted by atomic mass is 16.2. The van der Waals surface area contributed by atoms with Crippen molar-refractivity contribution in [2.24, 2.45) is 0 Å². The molecule has 8 heteroatoms. The molecule has 4 heterocycles. The normalized spacial score (nSPS) is 15.2. The van der Waals surface area contributed by atoms with Crippen LogP contribution in [0.1, 0.15) is 36.6 Å². The molecular weight excluding hydrogens is 342 g/mol.